The van der Waals surface area contributed by atoms with Gasteiger partial charge in [-0.05, 0) is 0 Å². The monoisotopic (exact) mass is 266 g/mol. The Balaban J connectivity index is 3.41. The van der Waals surface area contributed by atoms with Gasteiger partial charge in [0.05, 0.1) is 6.54 Å². The van der Waals surface area contributed by atoms with Crippen LogP contribution in [0.2, 0.25) is 0 Å². The van der Waals surface area contributed by atoms with Crippen molar-refractivity contribution in [2.75, 3.05) is 14.1 Å². The highest BCUT2D eigenvalue weighted by Gasteiger charge is 2.13. The molecule has 19 heavy (non-hydrogen) atoms. The maximum Gasteiger partial charge on any atom is 0.331 e. The number of primary amides is 1. The number of carbonyl (C=O) groups is 1. The van der Waals surface area contributed by atoms with Crippen LogP contribution < -0.4 is 17.0 Å². The molecule has 0 bridgehead atoms. The molecular weight excluding hydrogens is 252 g/mol. The summed E-state index contributed by atoms with van der Waals surface area (Å²) in [5.74, 6) is -0.625. The summed E-state index contributed by atoms with van der Waals surface area (Å²) in [6.45, 7) is -0.0128. The lowest BCUT2D eigenvalue weighted by atomic mass is 10.3. The van der Waals surface area contributed by atoms with Gasteiger partial charge in [-0.3, -0.25) is 23.7 Å². The molecule has 0 aliphatic carbocycles. The molecule has 0 saturated heterocycles. The molecule has 1 aromatic heterocycles. The number of rotatable bonds is 3. The lowest BCUT2D eigenvalue weighted by molar-refractivity contribution is 0.0997. The molecule has 0 unspecified atom stereocenters. The van der Waals surface area contributed by atoms with Gasteiger partial charge in [-0.1, -0.05) is 0 Å². The number of nitrogens with two attached hydrogens (primary N) is 1. The first-order valence-corrected chi connectivity index (χ1v) is 5.28. The van der Waals surface area contributed by atoms with Gasteiger partial charge in [-0.15, -0.1) is 5.11 Å². The average Bonchev–Trinajstić information content (AvgIpc) is 2.38. The summed E-state index contributed by atoms with van der Waals surface area (Å²) < 4.78 is 1.93. The van der Waals surface area contributed by atoms with Gasteiger partial charge in [-0.2, -0.15) is 5.11 Å². The second-order valence-corrected chi connectivity index (χ2v) is 3.62. The molecule has 2 N–H and O–H groups in total. The van der Waals surface area contributed by atoms with Crippen molar-refractivity contribution in [3.05, 3.63) is 32.6 Å². The lowest BCUT2D eigenvalue weighted by Crippen LogP contribution is -2.42. The van der Waals surface area contributed by atoms with Crippen molar-refractivity contribution in [1.82, 2.24) is 9.13 Å². The molecule has 0 aliphatic rings. The molecule has 0 spiro atoms. The molecule has 0 fully saturated rings. The topological polar surface area (TPSA) is 124 Å². The fraction of sp³-hybridized carbons (Fsp3) is 0.400. The van der Waals surface area contributed by atoms with Gasteiger partial charge in [0.2, 0.25) is 0 Å². The molecule has 0 aliphatic heterocycles. The molecule has 1 heterocycles. The Morgan fingerprint density at radius 3 is 2.47 bits per heavy atom. The number of aliphatic imine (C=N–C) groups is 1. The predicted molar refractivity (Wildman–Crippen MR) is 68.6 cm³/mol. The molecule has 0 radical (unpaired) electrons. The molecule has 1 aromatic rings. The minimum atomic E-state index is -0.901. The Labute approximate surface area is 108 Å². The number of aromatic nitrogens is 2. The summed E-state index contributed by atoms with van der Waals surface area (Å²) in [6, 6.07) is 0. The minimum Gasteiger partial charge on any atom is -0.365 e. The number of amidine groups is 1. The highest BCUT2D eigenvalue weighted by Crippen LogP contribution is 1.91. The number of hydrogen-bond acceptors (Lipinski definition) is 5. The zero-order valence-electron chi connectivity index (χ0n) is 10.8. The van der Waals surface area contributed by atoms with Crippen molar-refractivity contribution in [3.8, 4) is 0 Å². The standard InChI is InChI=1S/C10H14N6O3/c1-12-7(14-13-2)5-16-4-6(8(11)17)9(18)15(3)10(16)19/h4H,5H2,1-3H3,(H2,11,17). The van der Waals surface area contributed by atoms with E-state index >= 15 is 0 Å². The van der Waals surface area contributed by atoms with Gasteiger partial charge in [0.1, 0.15) is 5.56 Å². The highest BCUT2D eigenvalue weighted by atomic mass is 16.2. The van der Waals surface area contributed by atoms with Gasteiger partial charge < -0.3 is 5.73 Å². The molecule has 1 rings (SSSR count). The van der Waals surface area contributed by atoms with Crippen LogP contribution in [0.25, 0.3) is 0 Å². The molecule has 9 nitrogen and oxygen atoms in total. The molecule has 0 atom stereocenters. The first-order valence-electron chi connectivity index (χ1n) is 5.28. The molecule has 0 saturated carbocycles. The Morgan fingerprint density at radius 1 is 1.37 bits per heavy atom. The normalized spacial score (nSPS) is 12.1. The smallest absolute Gasteiger partial charge is 0.331 e. The predicted octanol–water partition coefficient (Wildman–Crippen LogP) is -1.24. The maximum absolute atomic E-state index is 11.9. The fourth-order valence-corrected chi connectivity index (χ4v) is 1.42. The van der Waals surface area contributed by atoms with Gasteiger partial charge in [0.25, 0.3) is 11.5 Å². The Bertz CT molecular complexity index is 667. The Hall–Kier alpha value is -2.58. The number of hydrogen-bond donors (Lipinski definition) is 1. The molecule has 9 heteroatoms. The van der Waals surface area contributed by atoms with E-state index in [1.807, 2.05) is 0 Å². The van der Waals surface area contributed by atoms with E-state index in [2.05, 4.69) is 15.2 Å². The zero-order valence-corrected chi connectivity index (χ0v) is 10.8. The largest absolute Gasteiger partial charge is 0.365 e. The van der Waals surface area contributed by atoms with E-state index in [0.717, 1.165) is 15.3 Å². The van der Waals surface area contributed by atoms with Crippen LogP contribution in [0.1, 0.15) is 10.4 Å². The first-order chi connectivity index (χ1) is 8.92. The summed E-state index contributed by atoms with van der Waals surface area (Å²) >= 11 is 0. The third-order valence-corrected chi connectivity index (χ3v) is 2.40. The van der Waals surface area contributed by atoms with Crippen molar-refractivity contribution >= 4 is 11.7 Å². The third kappa shape index (κ3) is 3.00. The third-order valence-electron chi connectivity index (χ3n) is 2.40. The number of azo groups is 1. The molecular formula is C10H14N6O3. The molecule has 0 aromatic carbocycles. The van der Waals surface area contributed by atoms with Gasteiger partial charge in [0.15, 0.2) is 5.84 Å². The van der Waals surface area contributed by atoms with Crippen molar-refractivity contribution in [2.24, 2.45) is 28.0 Å². The summed E-state index contributed by atoms with van der Waals surface area (Å²) in [4.78, 5) is 38.5. The summed E-state index contributed by atoms with van der Waals surface area (Å²) in [5.41, 5.74) is 3.48. The number of nitrogens with zero attached hydrogens (tertiary/aromatic N) is 5. The average molecular weight is 266 g/mol. The van der Waals surface area contributed by atoms with Gasteiger partial charge in [0, 0.05) is 27.3 Å². The second-order valence-electron chi connectivity index (χ2n) is 3.62. The van der Waals surface area contributed by atoms with Gasteiger partial charge >= 0.3 is 5.69 Å². The van der Waals surface area contributed by atoms with Gasteiger partial charge in [-0.25, -0.2) is 4.79 Å². The quantitative estimate of drug-likeness (QED) is 0.417. The van der Waals surface area contributed by atoms with Crippen LogP contribution in [0.5, 0.6) is 0 Å². The van der Waals surface area contributed by atoms with E-state index in [9.17, 15) is 14.4 Å². The van der Waals surface area contributed by atoms with Crippen molar-refractivity contribution in [3.63, 3.8) is 0 Å². The fourth-order valence-electron chi connectivity index (χ4n) is 1.42. The molecule has 102 valence electrons. The van der Waals surface area contributed by atoms with Crippen molar-refractivity contribution < 1.29 is 4.79 Å². The van der Waals surface area contributed by atoms with Crippen LogP contribution in [0.4, 0.5) is 0 Å². The van der Waals surface area contributed by atoms with Crippen LogP contribution in [0.15, 0.2) is 31.0 Å². The van der Waals surface area contributed by atoms with Crippen LogP contribution in [-0.2, 0) is 13.6 Å². The maximum atomic E-state index is 11.9. The van der Waals surface area contributed by atoms with E-state index in [4.69, 9.17) is 5.73 Å². The van der Waals surface area contributed by atoms with Crippen LogP contribution in [0.3, 0.4) is 0 Å². The summed E-state index contributed by atoms with van der Waals surface area (Å²) in [5, 5.41) is 7.27. The highest BCUT2D eigenvalue weighted by molar-refractivity contribution is 5.92. The Kier molecular flexibility index (Phi) is 4.46. The van der Waals surface area contributed by atoms with Crippen molar-refractivity contribution in [1.29, 1.82) is 0 Å². The van der Waals surface area contributed by atoms with E-state index in [-0.39, 0.29) is 17.9 Å². The summed E-state index contributed by atoms with van der Waals surface area (Å²) in [7, 11) is 4.22. The van der Waals surface area contributed by atoms with E-state index in [1.54, 1.807) is 0 Å². The summed E-state index contributed by atoms with van der Waals surface area (Å²) in [6.07, 6.45) is 1.10. The lowest BCUT2D eigenvalue weighted by Gasteiger charge is -2.08. The Morgan fingerprint density at radius 2 is 2.00 bits per heavy atom. The minimum absolute atomic E-state index is 0.0128. The van der Waals surface area contributed by atoms with Crippen LogP contribution in [0, 0.1) is 0 Å². The second kappa shape index (κ2) is 5.85. The van der Waals surface area contributed by atoms with E-state index in [0.29, 0.717) is 0 Å². The van der Waals surface area contributed by atoms with E-state index < -0.39 is 17.2 Å². The van der Waals surface area contributed by atoms with Crippen LogP contribution >= 0.6 is 0 Å². The SMILES string of the molecule is CN=NC(Cn1cc(C(N)=O)c(=O)n(C)c1=O)=NC. The molecule has 1 amide bonds. The zero-order chi connectivity index (χ0) is 14.6. The first kappa shape index (κ1) is 14.5. The van der Waals surface area contributed by atoms with E-state index in [1.165, 1.54) is 21.1 Å². The number of carbonyl (C=O) groups excluding carboxylic acids is 1. The van der Waals surface area contributed by atoms with Crippen LogP contribution in [-0.4, -0.2) is 35.0 Å². The number of amides is 1. The van der Waals surface area contributed by atoms with Crippen molar-refractivity contribution in [2.45, 2.75) is 6.54 Å².